The summed E-state index contributed by atoms with van der Waals surface area (Å²) in [6, 6.07) is 17.3. The van der Waals surface area contributed by atoms with Crippen molar-refractivity contribution in [3.8, 4) is 5.95 Å². The van der Waals surface area contributed by atoms with E-state index in [1.54, 1.807) is 18.2 Å². The van der Waals surface area contributed by atoms with Crippen molar-refractivity contribution in [3.05, 3.63) is 88.9 Å². The second-order valence-corrected chi connectivity index (χ2v) is 5.83. The number of aromatic hydroxyl groups is 1. The zero-order valence-electron chi connectivity index (χ0n) is 13.8. The molecule has 1 N–H and O–H groups in total. The SMILES string of the molecule is O=C1C=Cc2ccccc2/C1=C/c1nc(/C=C/c2ccccc2)oc1O. The van der Waals surface area contributed by atoms with E-state index in [2.05, 4.69) is 4.98 Å². The molecule has 0 saturated heterocycles. The first-order valence-electron chi connectivity index (χ1n) is 8.17. The fourth-order valence-electron chi connectivity index (χ4n) is 2.80. The Labute approximate surface area is 150 Å². The average molecular weight is 341 g/mol. The van der Waals surface area contributed by atoms with Crippen LogP contribution in [0.4, 0.5) is 0 Å². The van der Waals surface area contributed by atoms with Gasteiger partial charge in [-0.25, -0.2) is 4.98 Å². The highest BCUT2D eigenvalue weighted by molar-refractivity contribution is 6.33. The lowest BCUT2D eigenvalue weighted by Crippen LogP contribution is -2.04. The van der Waals surface area contributed by atoms with Crippen LogP contribution in [0.15, 0.2) is 65.1 Å². The second kappa shape index (κ2) is 6.69. The third-order valence-corrected chi connectivity index (χ3v) is 4.08. The highest BCUT2D eigenvalue weighted by Gasteiger charge is 2.19. The lowest BCUT2D eigenvalue weighted by atomic mass is 9.91. The van der Waals surface area contributed by atoms with Crippen LogP contribution in [0.3, 0.4) is 0 Å². The number of hydrogen-bond donors (Lipinski definition) is 1. The lowest BCUT2D eigenvalue weighted by molar-refractivity contribution is -0.109. The number of ketones is 1. The second-order valence-electron chi connectivity index (χ2n) is 5.83. The summed E-state index contributed by atoms with van der Waals surface area (Å²) in [7, 11) is 0. The lowest BCUT2D eigenvalue weighted by Gasteiger charge is -2.12. The van der Waals surface area contributed by atoms with Crippen molar-refractivity contribution < 1.29 is 14.3 Å². The zero-order chi connectivity index (χ0) is 17.9. The van der Waals surface area contributed by atoms with E-state index in [1.165, 1.54) is 6.08 Å². The highest BCUT2D eigenvalue weighted by Crippen LogP contribution is 2.30. The molecule has 4 rings (SSSR count). The average Bonchev–Trinajstić information content (AvgIpc) is 3.03. The summed E-state index contributed by atoms with van der Waals surface area (Å²) in [5.74, 6) is -0.178. The summed E-state index contributed by atoms with van der Waals surface area (Å²) in [5.41, 5.74) is 3.46. The van der Waals surface area contributed by atoms with E-state index in [0.717, 1.165) is 16.7 Å². The van der Waals surface area contributed by atoms with E-state index in [4.69, 9.17) is 4.42 Å². The molecule has 0 unspecified atom stereocenters. The van der Waals surface area contributed by atoms with E-state index < -0.39 is 0 Å². The molecule has 0 fully saturated rings. The number of hydrogen-bond acceptors (Lipinski definition) is 4. The van der Waals surface area contributed by atoms with Crippen molar-refractivity contribution in [2.75, 3.05) is 0 Å². The Hall–Kier alpha value is -3.66. The molecule has 0 saturated carbocycles. The summed E-state index contributed by atoms with van der Waals surface area (Å²) in [6.07, 6.45) is 8.37. The molecule has 1 aliphatic carbocycles. The van der Waals surface area contributed by atoms with Crippen LogP contribution in [0.5, 0.6) is 5.95 Å². The molecule has 0 aliphatic heterocycles. The van der Waals surface area contributed by atoms with Crippen LogP contribution >= 0.6 is 0 Å². The van der Waals surface area contributed by atoms with Crippen molar-refractivity contribution in [1.29, 1.82) is 0 Å². The van der Waals surface area contributed by atoms with E-state index in [9.17, 15) is 9.90 Å². The number of carbonyl (C=O) groups excluding carboxylic acids is 1. The van der Waals surface area contributed by atoms with Gasteiger partial charge in [0.25, 0.3) is 0 Å². The van der Waals surface area contributed by atoms with Gasteiger partial charge in [0, 0.05) is 11.6 Å². The van der Waals surface area contributed by atoms with Crippen LogP contribution in [-0.4, -0.2) is 15.9 Å². The molecular weight excluding hydrogens is 326 g/mol. The fourth-order valence-corrected chi connectivity index (χ4v) is 2.80. The Morgan fingerprint density at radius 2 is 1.69 bits per heavy atom. The third kappa shape index (κ3) is 3.13. The minimum absolute atomic E-state index is 0.132. The Morgan fingerprint density at radius 3 is 2.54 bits per heavy atom. The number of rotatable bonds is 3. The van der Waals surface area contributed by atoms with Gasteiger partial charge in [-0.2, -0.15) is 0 Å². The van der Waals surface area contributed by atoms with Crippen LogP contribution in [-0.2, 0) is 4.79 Å². The van der Waals surface area contributed by atoms with Gasteiger partial charge in [-0.15, -0.1) is 0 Å². The predicted octanol–water partition coefficient (Wildman–Crippen LogP) is 4.69. The fraction of sp³-hybridized carbons (Fsp3) is 0. The quantitative estimate of drug-likeness (QED) is 0.702. The summed E-state index contributed by atoms with van der Waals surface area (Å²) in [5, 5.41) is 10.1. The zero-order valence-corrected chi connectivity index (χ0v) is 13.8. The molecule has 0 spiro atoms. The maximum absolute atomic E-state index is 12.3. The van der Waals surface area contributed by atoms with Gasteiger partial charge in [0.2, 0.25) is 5.89 Å². The molecular formula is C22H15NO3. The smallest absolute Gasteiger partial charge is 0.310 e. The Morgan fingerprint density at radius 1 is 0.923 bits per heavy atom. The van der Waals surface area contributed by atoms with Crippen LogP contribution in [0.2, 0.25) is 0 Å². The van der Waals surface area contributed by atoms with E-state index >= 15 is 0 Å². The van der Waals surface area contributed by atoms with Crippen LogP contribution in [0.25, 0.3) is 29.9 Å². The van der Waals surface area contributed by atoms with Gasteiger partial charge in [-0.3, -0.25) is 4.79 Å². The van der Waals surface area contributed by atoms with E-state index in [-0.39, 0.29) is 23.3 Å². The molecule has 4 nitrogen and oxygen atoms in total. The highest BCUT2D eigenvalue weighted by atomic mass is 16.5. The molecule has 26 heavy (non-hydrogen) atoms. The van der Waals surface area contributed by atoms with Crippen LogP contribution in [0, 0.1) is 0 Å². The standard InChI is InChI=1S/C22H15NO3/c24-20-12-11-16-8-4-5-9-17(16)18(20)14-19-22(25)26-21(23-19)13-10-15-6-2-1-3-7-15/h1-14,25H/b13-10+,18-14-. The number of oxazole rings is 1. The van der Waals surface area contributed by atoms with Gasteiger partial charge in [0.1, 0.15) is 5.69 Å². The Kier molecular flexibility index (Phi) is 4.07. The normalized spacial score (nSPS) is 14.9. The summed E-state index contributed by atoms with van der Waals surface area (Å²) in [4.78, 5) is 16.6. The van der Waals surface area contributed by atoms with Crippen LogP contribution in [0.1, 0.15) is 28.3 Å². The molecule has 0 atom stereocenters. The maximum Gasteiger partial charge on any atom is 0.310 e. The van der Waals surface area contributed by atoms with E-state index in [0.29, 0.717) is 5.57 Å². The molecule has 1 aliphatic rings. The molecule has 1 heterocycles. The van der Waals surface area contributed by atoms with Crippen molar-refractivity contribution in [2.24, 2.45) is 0 Å². The van der Waals surface area contributed by atoms with Gasteiger partial charge < -0.3 is 9.52 Å². The summed E-state index contributed by atoms with van der Waals surface area (Å²) >= 11 is 0. The first kappa shape index (κ1) is 15.8. The summed E-state index contributed by atoms with van der Waals surface area (Å²) in [6.45, 7) is 0. The molecule has 3 aromatic rings. The van der Waals surface area contributed by atoms with Crippen molar-refractivity contribution in [1.82, 2.24) is 4.98 Å². The van der Waals surface area contributed by atoms with Gasteiger partial charge >= 0.3 is 5.95 Å². The molecule has 0 bridgehead atoms. The maximum atomic E-state index is 12.3. The van der Waals surface area contributed by atoms with Crippen LogP contribution < -0.4 is 0 Å². The number of carbonyl (C=O) groups is 1. The molecule has 0 amide bonds. The van der Waals surface area contributed by atoms with E-state index in [1.807, 2.05) is 60.7 Å². The molecule has 0 radical (unpaired) electrons. The topological polar surface area (TPSA) is 63.3 Å². The van der Waals surface area contributed by atoms with Gasteiger partial charge in [-0.05, 0) is 34.9 Å². The molecule has 126 valence electrons. The van der Waals surface area contributed by atoms with Gasteiger partial charge in [0.15, 0.2) is 5.78 Å². The number of benzene rings is 2. The summed E-state index contributed by atoms with van der Waals surface area (Å²) < 4.78 is 5.28. The monoisotopic (exact) mass is 341 g/mol. The molecule has 4 heteroatoms. The first-order valence-corrected chi connectivity index (χ1v) is 8.17. The number of nitrogens with zero attached hydrogens (tertiary/aromatic N) is 1. The van der Waals surface area contributed by atoms with Crippen molar-refractivity contribution >= 4 is 35.7 Å². The first-order chi connectivity index (χ1) is 12.7. The Bertz CT molecular complexity index is 1060. The van der Waals surface area contributed by atoms with Gasteiger partial charge in [0.05, 0.1) is 0 Å². The largest absolute Gasteiger partial charge is 0.479 e. The predicted molar refractivity (Wildman–Crippen MR) is 102 cm³/mol. The number of aromatic nitrogens is 1. The minimum atomic E-state index is -0.315. The Balaban J connectivity index is 1.68. The number of allylic oxidation sites excluding steroid dienone is 2. The van der Waals surface area contributed by atoms with Gasteiger partial charge in [-0.1, -0.05) is 60.7 Å². The molecule has 1 aromatic heterocycles. The number of fused-ring (bicyclic) bond motifs is 1. The van der Waals surface area contributed by atoms with Crippen molar-refractivity contribution in [3.63, 3.8) is 0 Å². The van der Waals surface area contributed by atoms with Crippen molar-refractivity contribution in [2.45, 2.75) is 0 Å². The minimum Gasteiger partial charge on any atom is -0.479 e. The molecule has 2 aromatic carbocycles. The third-order valence-electron chi connectivity index (χ3n) is 4.08.